The Bertz CT molecular complexity index is 90.3. The van der Waals surface area contributed by atoms with Gasteiger partial charge in [-0.05, 0) is 0 Å². The standard InChI is InChI=1S/C6H12O3/c1-4(5(8)2-7)6-3-9-6/h4-8H,2-3H2,1H3. The first-order chi connectivity index (χ1) is 4.25. The van der Waals surface area contributed by atoms with E-state index in [9.17, 15) is 0 Å². The number of aliphatic hydroxyl groups excluding tert-OH is 2. The van der Waals surface area contributed by atoms with Crippen molar-refractivity contribution in [2.24, 2.45) is 5.92 Å². The number of aliphatic hydroxyl groups is 2. The quantitative estimate of drug-likeness (QED) is 0.503. The lowest BCUT2D eigenvalue weighted by molar-refractivity contribution is 0.0428. The van der Waals surface area contributed by atoms with Crippen molar-refractivity contribution < 1.29 is 14.9 Å². The maximum atomic E-state index is 9.01. The number of epoxide rings is 1. The molecule has 0 bridgehead atoms. The molecule has 1 rings (SSSR count). The lowest BCUT2D eigenvalue weighted by atomic mass is 10.0. The molecule has 3 atom stereocenters. The average Bonchev–Trinajstić information content (AvgIpc) is 2.66. The second-order valence-corrected chi connectivity index (χ2v) is 2.48. The molecule has 0 aromatic carbocycles. The number of ether oxygens (including phenoxy) is 1. The summed E-state index contributed by atoms with van der Waals surface area (Å²) in [4.78, 5) is 0. The molecule has 0 spiro atoms. The maximum absolute atomic E-state index is 9.01. The van der Waals surface area contributed by atoms with Gasteiger partial charge in [-0.25, -0.2) is 0 Å². The summed E-state index contributed by atoms with van der Waals surface area (Å²) in [6, 6.07) is 0. The fraction of sp³-hybridized carbons (Fsp3) is 1.00. The lowest BCUT2D eigenvalue weighted by Crippen LogP contribution is -2.25. The van der Waals surface area contributed by atoms with E-state index >= 15 is 0 Å². The molecule has 1 aliphatic rings. The van der Waals surface area contributed by atoms with E-state index in [4.69, 9.17) is 14.9 Å². The van der Waals surface area contributed by atoms with E-state index in [0.29, 0.717) is 0 Å². The zero-order chi connectivity index (χ0) is 6.85. The van der Waals surface area contributed by atoms with Crippen molar-refractivity contribution in [2.75, 3.05) is 13.2 Å². The Hall–Kier alpha value is -0.120. The molecule has 3 unspecified atom stereocenters. The van der Waals surface area contributed by atoms with Crippen LogP contribution in [0, 0.1) is 5.92 Å². The van der Waals surface area contributed by atoms with Crippen molar-refractivity contribution in [3.63, 3.8) is 0 Å². The van der Waals surface area contributed by atoms with Gasteiger partial charge in [0.15, 0.2) is 0 Å². The van der Waals surface area contributed by atoms with Crippen LogP contribution in [0.25, 0.3) is 0 Å². The SMILES string of the molecule is CC(C(O)CO)C1CO1. The van der Waals surface area contributed by atoms with Gasteiger partial charge in [-0.15, -0.1) is 0 Å². The summed E-state index contributed by atoms with van der Waals surface area (Å²) in [7, 11) is 0. The summed E-state index contributed by atoms with van der Waals surface area (Å²) in [5.41, 5.74) is 0. The van der Waals surface area contributed by atoms with Crippen LogP contribution < -0.4 is 0 Å². The molecule has 1 aliphatic heterocycles. The minimum atomic E-state index is -0.613. The zero-order valence-corrected chi connectivity index (χ0v) is 5.45. The molecule has 1 fully saturated rings. The molecular formula is C6H12O3. The molecule has 0 saturated carbocycles. The van der Waals surface area contributed by atoms with Gasteiger partial charge >= 0.3 is 0 Å². The van der Waals surface area contributed by atoms with Crippen molar-refractivity contribution in [2.45, 2.75) is 19.1 Å². The van der Waals surface area contributed by atoms with Crippen molar-refractivity contribution >= 4 is 0 Å². The van der Waals surface area contributed by atoms with Gasteiger partial charge in [0.05, 0.1) is 25.4 Å². The predicted octanol–water partition coefficient (Wildman–Crippen LogP) is -0.626. The highest BCUT2D eigenvalue weighted by Crippen LogP contribution is 2.22. The molecule has 0 amide bonds. The molecule has 3 nitrogen and oxygen atoms in total. The molecule has 0 aromatic heterocycles. The molecule has 0 radical (unpaired) electrons. The number of rotatable bonds is 3. The average molecular weight is 132 g/mol. The Morgan fingerprint density at radius 1 is 1.78 bits per heavy atom. The first-order valence-electron chi connectivity index (χ1n) is 3.16. The van der Waals surface area contributed by atoms with Gasteiger partial charge in [0.1, 0.15) is 0 Å². The first-order valence-corrected chi connectivity index (χ1v) is 3.16. The first kappa shape index (κ1) is 6.99. The smallest absolute Gasteiger partial charge is 0.0860 e. The molecule has 1 heterocycles. The van der Waals surface area contributed by atoms with Crippen LogP contribution in [0.3, 0.4) is 0 Å². The van der Waals surface area contributed by atoms with E-state index in [-0.39, 0.29) is 18.6 Å². The summed E-state index contributed by atoms with van der Waals surface area (Å²) in [6.45, 7) is 2.44. The Morgan fingerprint density at radius 3 is 2.67 bits per heavy atom. The van der Waals surface area contributed by atoms with Crippen molar-refractivity contribution in [1.29, 1.82) is 0 Å². The molecule has 2 N–H and O–H groups in total. The van der Waals surface area contributed by atoms with Crippen LogP contribution in [0.1, 0.15) is 6.92 Å². The van der Waals surface area contributed by atoms with Crippen molar-refractivity contribution in [1.82, 2.24) is 0 Å². The largest absolute Gasteiger partial charge is 0.394 e. The highest BCUT2D eigenvalue weighted by molar-refractivity contribution is 4.80. The van der Waals surface area contributed by atoms with Gasteiger partial charge in [-0.2, -0.15) is 0 Å². The summed E-state index contributed by atoms with van der Waals surface area (Å²) < 4.78 is 4.92. The fourth-order valence-electron chi connectivity index (χ4n) is 0.773. The fourth-order valence-corrected chi connectivity index (χ4v) is 0.773. The van der Waals surface area contributed by atoms with Crippen LogP contribution >= 0.6 is 0 Å². The zero-order valence-electron chi connectivity index (χ0n) is 5.45. The normalized spacial score (nSPS) is 31.7. The monoisotopic (exact) mass is 132 g/mol. The van der Waals surface area contributed by atoms with Gasteiger partial charge in [0, 0.05) is 5.92 Å². The van der Waals surface area contributed by atoms with Crippen LogP contribution in [0.15, 0.2) is 0 Å². The van der Waals surface area contributed by atoms with Crippen LogP contribution in [0.2, 0.25) is 0 Å². The van der Waals surface area contributed by atoms with Gasteiger partial charge in [-0.1, -0.05) is 6.92 Å². The predicted molar refractivity (Wildman–Crippen MR) is 32.0 cm³/mol. The third-order valence-corrected chi connectivity index (χ3v) is 1.74. The molecule has 9 heavy (non-hydrogen) atoms. The van der Waals surface area contributed by atoms with Gasteiger partial charge in [0.2, 0.25) is 0 Å². The van der Waals surface area contributed by atoms with Crippen LogP contribution in [0.4, 0.5) is 0 Å². The van der Waals surface area contributed by atoms with Crippen LogP contribution in [-0.2, 0) is 4.74 Å². The van der Waals surface area contributed by atoms with Crippen LogP contribution in [0.5, 0.6) is 0 Å². The van der Waals surface area contributed by atoms with E-state index in [1.165, 1.54) is 0 Å². The molecule has 3 heteroatoms. The highest BCUT2D eigenvalue weighted by atomic mass is 16.6. The molecular weight excluding hydrogens is 120 g/mol. The Kier molecular flexibility index (Phi) is 2.05. The van der Waals surface area contributed by atoms with E-state index in [1.807, 2.05) is 6.92 Å². The topological polar surface area (TPSA) is 53.0 Å². The minimum absolute atomic E-state index is 0.0787. The van der Waals surface area contributed by atoms with Gasteiger partial charge in [-0.3, -0.25) is 0 Å². The number of hydrogen-bond donors (Lipinski definition) is 2. The van der Waals surface area contributed by atoms with E-state index in [1.54, 1.807) is 0 Å². The minimum Gasteiger partial charge on any atom is -0.394 e. The third-order valence-electron chi connectivity index (χ3n) is 1.74. The van der Waals surface area contributed by atoms with Gasteiger partial charge < -0.3 is 14.9 Å². The summed E-state index contributed by atoms with van der Waals surface area (Å²) in [6.07, 6.45) is -0.426. The molecule has 54 valence electrons. The van der Waals surface area contributed by atoms with Crippen molar-refractivity contribution in [3.05, 3.63) is 0 Å². The second-order valence-electron chi connectivity index (χ2n) is 2.48. The van der Waals surface area contributed by atoms with Gasteiger partial charge in [0.25, 0.3) is 0 Å². The third kappa shape index (κ3) is 1.64. The van der Waals surface area contributed by atoms with E-state index in [2.05, 4.69) is 0 Å². The summed E-state index contributed by atoms with van der Waals surface area (Å²) in [5, 5.41) is 17.5. The van der Waals surface area contributed by atoms with E-state index < -0.39 is 6.10 Å². The molecule has 1 saturated heterocycles. The maximum Gasteiger partial charge on any atom is 0.0860 e. The summed E-state index contributed by atoms with van der Waals surface area (Å²) >= 11 is 0. The Labute approximate surface area is 54.3 Å². The Balaban J connectivity index is 2.22. The van der Waals surface area contributed by atoms with Crippen molar-refractivity contribution in [3.8, 4) is 0 Å². The Morgan fingerprint density at radius 2 is 2.33 bits per heavy atom. The molecule has 0 aliphatic carbocycles. The number of hydrogen-bond acceptors (Lipinski definition) is 3. The second kappa shape index (κ2) is 2.64. The highest BCUT2D eigenvalue weighted by Gasteiger charge is 2.33. The van der Waals surface area contributed by atoms with E-state index in [0.717, 1.165) is 6.61 Å². The molecule has 0 aromatic rings. The van der Waals surface area contributed by atoms with Crippen LogP contribution in [-0.4, -0.2) is 35.6 Å². The summed E-state index contributed by atoms with van der Waals surface area (Å²) in [5.74, 6) is 0.0787. The lowest BCUT2D eigenvalue weighted by Gasteiger charge is -2.12.